The summed E-state index contributed by atoms with van der Waals surface area (Å²) in [5.41, 5.74) is -0.0378. The fraction of sp³-hybridized carbons (Fsp3) is 0.909. The zero-order chi connectivity index (χ0) is 16.8. The number of carbonyl (C=O) groups is 2. The zero-order valence-corrected chi connectivity index (χ0v) is 17.5. The van der Waals surface area contributed by atoms with Gasteiger partial charge in [0, 0.05) is 0 Å². The summed E-state index contributed by atoms with van der Waals surface area (Å²) in [5.74, 6) is 4.90. The molecule has 8 fully saturated rings. The van der Waals surface area contributed by atoms with Crippen LogP contribution in [0.4, 0.5) is 0 Å². The van der Waals surface area contributed by atoms with Crippen LogP contribution >= 0.6 is 0 Å². The Morgan fingerprint density at radius 1 is 0.520 bits per heavy atom. The van der Waals surface area contributed by atoms with Crippen molar-refractivity contribution in [3.05, 3.63) is 0 Å². The summed E-state index contributed by atoms with van der Waals surface area (Å²) in [4.78, 5) is 26.9. The summed E-state index contributed by atoms with van der Waals surface area (Å²) in [5, 5.41) is 0. The van der Waals surface area contributed by atoms with Crippen molar-refractivity contribution in [2.45, 2.75) is 77.0 Å². The number of hydrogen-bond acceptors (Lipinski definition) is 2. The second-order valence-corrected chi connectivity index (χ2v) is 13.8. The molecular formula is C22H30O2Te. The Morgan fingerprint density at radius 2 is 0.760 bits per heavy atom. The molecule has 8 saturated carbocycles. The molecule has 0 saturated heterocycles. The normalized spacial score (nSPS) is 54.9. The van der Waals surface area contributed by atoms with Crippen LogP contribution in [0.25, 0.3) is 0 Å². The van der Waals surface area contributed by atoms with Crippen molar-refractivity contribution in [2.75, 3.05) is 0 Å². The second kappa shape index (κ2) is 5.35. The van der Waals surface area contributed by atoms with Crippen LogP contribution < -0.4 is 0 Å². The predicted octanol–water partition coefficient (Wildman–Crippen LogP) is 4.18. The first kappa shape index (κ1) is 16.1. The zero-order valence-electron chi connectivity index (χ0n) is 15.2. The minimum atomic E-state index is -1.13. The first-order valence-electron chi connectivity index (χ1n) is 10.8. The van der Waals surface area contributed by atoms with Gasteiger partial charge in [0.15, 0.2) is 0 Å². The van der Waals surface area contributed by atoms with E-state index in [0.717, 1.165) is 74.0 Å². The van der Waals surface area contributed by atoms with E-state index in [9.17, 15) is 9.59 Å². The predicted molar refractivity (Wildman–Crippen MR) is 97.0 cm³/mol. The van der Waals surface area contributed by atoms with Crippen molar-refractivity contribution in [3.8, 4) is 0 Å². The van der Waals surface area contributed by atoms with Crippen LogP contribution in [0.3, 0.4) is 0 Å². The van der Waals surface area contributed by atoms with E-state index in [1.807, 2.05) is 0 Å². The Morgan fingerprint density at radius 3 is 1.00 bits per heavy atom. The van der Waals surface area contributed by atoms with E-state index in [2.05, 4.69) is 0 Å². The van der Waals surface area contributed by atoms with Gasteiger partial charge in [0.1, 0.15) is 0 Å². The van der Waals surface area contributed by atoms with Gasteiger partial charge < -0.3 is 0 Å². The molecule has 0 atom stereocenters. The van der Waals surface area contributed by atoms with Crippen LogP contribution in [0.2, 0.25) is 0 Å². The Balaban J connectivity index is 1.22. The van der Waals surface area contributed by atoms with E-state index in [0.29, 0.717) is 7.66 Å². The minimum absolute atomic E-state index is 0.0189. The van der Waals surface area contributed by atoms with E-state index in [-0.39, 0.29) is 10.8 Å². The van der Waals surface area contributed by atoms with E-state index in [1.165, 1.54) is 38.5 Å². The maximum absolute atomic E-state index is 13.4. The third-order valence-corrected chi connectivity index (χ3v) is 12.7. The third-order valence-electron chi connectivity index (χ3n) is 9.13. The summed E-state index contributed by atoms with van der Waals surface area (Å²) in [6.45, 7) is 0. The molecule has 0 aliphatic heterocycles. The quantitative estimate of drug-likeness (QED) is 0.598. The standard InChI is InChI=1S/C22H30O2Te/c23-19(21-7-13-1-14(8-21)3-15(2-13)9-21)25-20(24)22-10-16-4-17(11-22)6-18(5-16)12-22/h13-18H,1-12H2. The third kappa shape index (κ3) is 2.40. The van der Waals surface area contributed by atoms with Crippen LogP contribution in [0.5, 0.6) is 0 Å². The van der Waals surface area contributed by atoms with Crippen molar-refractivity contribution in [1.29, 1.82) is 0 Å². The van der Waals surface area contributed by atoms with Gasteiger partial charge in [-0.1, -0.05) is 0 Å². The summed E-state index contributed by atoms with van der Waals surface area (Å²) in [6.07, 6.45) is 15.2. The topological polar surface area (TPSA) is 34.1 Å². The summed E-state index contributed by atoms with van der Waals surface area (Å²) >= 11 is -1.13. The van der Waals surface area contributed by atoms with Crippen LogP contribution in [-0.2, 0) is 9.59 Å². The molecule has 0 aromatic carbocycles. The molecule has 0 radical (unpaired) electrons. The van der Waals surface area contributed by atoms with Crippen molar-refractivity contribution >= 4 is 28.6 Å². The van der Waals surface area contributed by atoms with Crippen molar-refractivity contribution in [1.82, 2.24) is 0 Å². The molecule has 8 aliphatic rings. The second-order valence-electron chi connectivity index (χ2n) is 11.1. The Hall–Kier alpha value is 0.130. The fourth-order valence-corrected chi connectivity index (χ4v) is 12.2. The van der Waals surface area contributed by atoms with Crippen molar-refractivity contribution in [2.24, 2.45) is 46.3 Å². The number of rotatable bonds is 4. The van der Waals surface area contributed by atoms with Crippen molar-refractivity contribution < 1.29 is 9.59 Å². The first-order chi connectivity index (χ1) is 12.0. The Bertz CT molecular complexity index is 511. The van der Waals surface area contributed by atoms with Crippen LogP contribution in [-0.4, -0.2) is 28.6 Å². The monoisotopic (exact) mass is 456 g/mol. The molecule has 0 aromatic heterocycles. The van der Waals surface area contributed by atoms with Gasteiger partial charge in [0.25, 0.3) is 0 Å². The van der Waals surface area contributed by atoms with Crippen molar-refractivity contribution in [3.63, 3.8) is 0 Å². The van der Waals surface area contributed by atoms with Crippen LogP contribution in [0, 0.1) is 46.3 Å². The SMILES string of the molecule is O=C([Te]C(=O)C12CC3CC(CC(C3)C1)C2)C12CC3CC(CC(C3)C1)C2. The van der Waals surface area contributed by atoms with Gasteiger partial charge >= 0.3 is 162 Å². The number of carbonyl (C=O) groups excluding carboxylic acids is 2. The molecule has 25 heavy (non-hydrogen) atoms. The van der Waals surface area contributed by atoms with Gasteiger partial charge in [-0.25, -0.2) is 0 Å². The maximum atomic E-state index is 13.4. The molecule has 8 rings (SSSR count). The molecule has 0 spiro atoms. The number of hydrogen-bond donors (Lipinski definition) is 0. The van der Waals surface area contributed by atoms with Crippen LogP contribution in [0.1, 0.15) is 77.0 Å². The summed E-state index contributed by atoms with van der Waals surface area (Å²) in [6, 6.07) is 0. The van der Waals surface area contributed by atoms with Crippen LogP contribution in [0.15, 0.2) is 0 Å². The van der Waals surface area contributed by atoms with Gasteiger partial charge in [0.2, 0.25) is 0 Å². The Labute approximate surface area is 161 Å². The van der Waals surface area contributed by atoms with E-state index < -0.39 is 20.9 Å². The molecule has 2 nitrogen and oxygen atoms in total. The fourth-order valence-electron chi connectivity index (χ4n) is 9.02. The first-order valence-corrected chi connectivity index (χ1v) is 13.1. The summed E-state index contributed by atoms with van der Waals surface area (Å²) < 4.78 is 0.996. The molecule has 0 heterocycles. The summed E-state index contributed by atoms with van der Waals surface area (Å²) in [7, 11) is 0. The van der Waals surface area contributed by atoms with Gasteiger partial charge in [-0.05, 0) is 0 Å². The van der Waals surface area contributed by atoms with Gasteiger partial charge in [0.05, 0.1) is 0 Å². The molecule has 0 aromatic rings. The van der Waals surface area contributed by atoms with Gasteiger partial charge in [-0.15, -0.1) is 0 Å². The van der Waals surface area contributed by atoms with Gasteiger partial charge in [-0.2, -0.15) is 0 Å². The molecule has 8 aliphatic carbocycles. The molecule has 0 amide bonds. The average Bonchev–Trinajstić information content (AvgIpc) is 2.52. The molecule has 0 unspecified atom stereocenters. The van der Waals surface area contributed by atoms with Gasteiger partial charge in [-0.3, -0.25) is 0 Å². The molecular weight excluding hydrogens is 424 g/mol. The molecule has 8 bridgehead atoms. The molecule has 136 valence electrons. The Kier molecular flexibility index (Phi) is 3.45. The van der Waals surface area contributed by atoms with E-state index >= 15 is 0 Å². The average molecular weight is 454 g/mol. The van der Waals surface area contributed by atoms with E-state index in [4.69, 9.17) is 0 Å². The molecule has 0 N–H and O–H groups in total. The van der Waals surface area contributed by atoms with E-state index in [1.54, 1.807) is 0 Å². The molecule has 3 heteroatoms.